The molecule has 1 fully saturated rings. The number of hydrogen-bond donors (Lipinski definition) is 2. The maximum absolute atomic E-state index is 12.8. The summed E-state index contributed by atoms with van der Waals surface area (Å²) in [5.74, 6) is -0.446. The first-order valence-corrected chi connectivity index (χ1v) is 9.61. The normalized spacial score (nSPS) is 17.7. The second kappa shape index (κ2) is 7.35. The Kier molecular flexibility index (Phi) is 5.15. The smallest absolute Gasteiger partial charge is 0.327 e. The fourth-order valence-electron chi connectivity index (χ4n) is 2.96. The summed E-state index contributed by atoms with van der Waals surface area (Å²) in [4.78, 5) is 13.5. The van der Waals surface area contributed by atoms with Crippen LogP contribution >= 0.6 is 0 Å². The average molecular weight is 376 g/mol. The summed E-state index contributed by atoms with van der Waals surface area (Å²) in [6.07, 6.45) is 0. The van der Waals surface area contributed by atoms with E-state index >= 15 is 0 Å². The highest BCUT2D eigenvalue weighted by Crippen LogP contribution is 2.27. The molecule has 8 heteroatoms. The molecule has 0 saturated carbocycles. The van der Waals surface area contributed by atoms with Gasteiger partial charge in [0.1, 0.15) is 11.8 Å². The van der Waals surface area contributed by atoms with Crippen molar-refractivity contribution in [3.05, 3.63) is 48.5 Å². The van der Waals surface area contributed by atoms with E-state index in [4.69, 9.17) is 4.74 Å². The number of benzene rings is 2. The van der Waals surface area contributed by atoms with Gasteiger partial charge in [0, 0.05) is 25.3 Å². The molecule has 0 spiro atoms. The van der Waals surface area contributed by atoms with Crippen molar-refractivity contribution in [2.24, 2.45) is 0 Å². The van der Waals surface area contributed by atoms with Gasteiger partial charge in [0.2, 0.25) is 9.84 Å². The number of nitrogens with one attached hydrogen (secondary N) is 1. The summed E-state index contributed by atoms with van der Waals surface area (Å²) in [7, 11) is -2.20. The summed E-state index contributed by atoms with van der Waals surface area (Å²) in [5, 5.41) is 12.4. The van der Waals surface area contributed by atoms with Crippen molar-refractivity contribution in [1.82, 2.24) is 5.32 Å². The number of anilines is 1. The molecule has 0 radical (unpaired) electrons. The van der Waals surface area contributed by atoms with Gasteiger partial charge in [-0.25, -0.2) is 13.2 Å². The van der Waals surface area contributed by atoms with Crippen LogP contribution < -0.4 is 15.0 Å². The highest BCUT2D eigenvalue weighted by Gasteiger charge is 2.28. The molecule has 1 atom stereocenters. The average Bonchev–Trinajstić information content (AvgIpc) is 2.68. The minimum Gasteiger partial charge on any atom is -0.497 e. The van der Waals surface area contributed by atoms with Crippen molar-refractivity contribution in [3.63, 3.8) is 0 Å². The van der Waals surface area contributed by atoms with E-state index in [0.717, 1.165) is 0 Å². The molecule has 0 aromatic heterocycles. The van der Waals surface area contributed by atoms with Crippen molar-refractivity contribution < 1.29 is 23.1 Å². The zero-order chi connectivity index (χ0) is 18.7. The molecule has 1 saturated heterocycles. The largest absolute Gasteiger partial charge is 0.497 e. The summed E-state index contributed by atoms with van der Waals surface area (Å²) in [6, 6.07) is 11.9. The van der Waals surface area contributed by atoms with Crippen molar-refractivity contribution in [2.75, 3.05) is 31.6 Å². The third-order valence-corrected chi connectivity index (χ3v) is 6.13. The molecule has 2 N–H and O–H groups in total. The lowest BCUT2D eigenvalue weighted by atomic mass is 10.1. The molecule has 0 amide bonds. The molecular formula is C18H20N2O5S. The van der Waals surface area contributed by atoms with Crippen LogP contribution in [-0.4, -0.2) is 52.3 Å². The maximum atomic E-state index is 12.8. The first-order valence-electron chi connectivity index (χ1n) is 8.13. The van der Waals surface area contributed by atoms with Gasteiger partial charge in [0.25, 0.3) is 0 Å². The fraction of sp³-hybridized carbons (Fsp3) is 0.278. The zero-order valence-corrected chi connectivity index (χ0v) is 15.1. The fourth-order valence-corrected chi connectivity index (χ4v) is 4.25. The van der Waals surface area contributed by atoms with Crippen LogP contribution in [0.15, 0.2) is 58.3 Å². The first-order chi connectivity index (χ1) is 12.4. The Labute approximate surface area is 152 Å². The quantitative estimate of drug-likeness (QED) is 0.814. The highest BCUT2D eigenvalue weighted by molar-refractivity contribution is 7.91. The van der Waals surface area contributed by atoms with Crippen LogP contribution in [0.3, 0.4) is 0 Å². The number of carboxylic acid groups (broad SMARTS) is 1. The lowest BCUT2D eigenvalue weighted by Crippen LogP contribution is -2.55. The molecule has 2 aromatic carbocycles. The minimum absolute atomic E-state index is 0.148. The van der Waals surface area contributed by atoms with Gasteiger partial charge in [-0.05, 0) is 42.5 Å². The Bertz CT molecular complexity index is 896. The Balaban J connectivity index is 1.90. The van der Waals surface area contributed by atoms with Crippen LogP contribution in [0, 0.1) is 0 Å². The molecule has 0 aliphatic carbocycles. The number of sulfone groups is 1. The summed E-state index contributed by atoms with van der Waals surface area (Å²) in [6.45, 7) is 1.56. The number of ether oxygens (including phenoxy) is 1. The lowest BCUT2D eigenvalue weighted by molar-refractivity contribution is -0.138. The van der Waals surface area contributed by atoms with E-state index in [1.54, 1.807) is 29.2 Å². The van der Waals surface area contributed by atoms with Crippen LogP contribution in [0.4, 0.5) is 5.69 Å². The standard InChI is InChI=1S/C18H20N2O5S/c1-25-14-3-2-4-16(11-14)26(23,24)15-7-5-13(6-8-15)20-10-9-19-12-17(20)18(21)22/h2-8,11,17,19H,9-10,12H2,1H3,(H,21,22). The van der Waals surface area contributed by atoms with Crippen molar-refractivity contribution in [3.8, 4) is 5.75 Å². The van der Waals surface area contributed by atoms with Gasteiger partial charge in [-0.1, -0.05) is 6.07 Å². The number of nitrogens with zero attached hydrogens (tertiary/aromatic N) is 1. The molecule has 1 aliphatic heterocycles. The molecule has 138 valence electrons. The summed E-state index contributed by atoms with van der Waals surface area (Å²) >= 11 is 0. The molecule has 1 unspecified atom stereocenters. The van der Waals surface area contributed by atoms with Gasteiger partial charge in [-0.3, -0.25) is 0 Å². The second-order valence-corrected chi connectivity index (χ2v) is 7.88. The van der Waals surface area contributed by atoms with Crippen molar-refractivity contribution in [1.29, 1.82) is 0 Å². The molecule has 1 aliphatic rings. The van der Waals surface area contributed by atoms with Gasteiger partial charge in [-0.15, -0.1) is 0 Å². The van der Waals surface area contributed by atoms with Crippen LogP contribution in [-0.2, 0) is 14.6 Å². The van der Waals surface area contributed by atoms with Gasteiger partial charge < -0.3 is 20.1 Å². The Morgan fingerprint density at radius 1 is 1.19 bits per heavy atom. The van der Waals surface area contributed by atoms with E-state index in [0.29, 0.717) is 31.1 Å². The van der Waals surface area contributed by atoms with Gasteiger partial charge in [0.15, 0.2) is 0 Å². The zero-order valence-electron chi connectivity index (χ0n) is 14.3. The Hall–Kier alpha value is -2.58. The Morgan fingerprint density at radius 3 is 2.58 bits per heavy atom. The van der Waals surface area contributed by atoms with Gasteiger partial charge in [-0.2, -0.15) is 0 Å². The number of hydrogen-bond acceptors (Lipinski definition) is 6. The third-order valence-electron chi connectivity index (χ3n) is 4.36. The number of piperazine rings is 1. The summed E-state index contributed by atoms with van der Waals surface area (Å²) < 4.78 is 30.7. The number of aliphatic carboxylic acids is 1. The molecule has 7 nitrogen and oxygen atoms in total. The van der Waals surface area contributed by atoms with Crippen LogP contribution in [0.5, 0.6) is 5.75 Å². The first kappa shape index (κ1) is 18.2. The highest BCUT2D eigenvalue weighted by atomic mass is 32.2. The van der Waals surface area contributed by atoms with Crippen LogP contribution in [0.2, 0.25) is 0 Å². The topological polar surface area (TPSA) is 95.9 Å². The predicted molar refractivity (Wildman–Crippen MR) is 96.5 cm³/mol. The van der Waals surface area contributed by atoms with E-state index in [1.165, 1.54) is 31.4 Å². The maximum Gasteiger partial charge on any atom is 0.327 e. The van der Waals surface area contributed by atoms with E-state index in [1.807, 2.05) is 0 Å². The number of methoxy groups -OCH3 is 1. The molecule has 0 bridgehead atoms. The molecule has 3 rings (SSSR count). The summed E-state index contributed by atoms with van der Waals surface area (Å²) in [5.41, 5.74) is 0.684. The second-order valence-electron chi connectivity index (χ2n) is 5.93. The van der Waals surface area contributed by atoms with Crippen molar-refractivity contribution >= 4 is 21.5 Å². The van der Waals surface area contributed by atoms with E-state index < -0.39 is 21.8 Å². The van der Waals surface area contributed by atoms with Crippen LogP contribution in [0.25, 0.3) is 0 Å². The van der Waals surface area contributed by atoms with E-state index in [2.05, 4.69) is 5.32 Å². The number of rotatable bonds is 5. The molecule has 26 heavy (non-hydrogen) atoms. The molecular weight excluding hydrogens is 356 g/mol. The van der Waals surface area contributed by atoms with E-state index in [9.17, 15) is 18.3 Å². The van der Waals surface area contributed by atoms with Crippen LogP contribution in [0.1, 0.15) is 0 Å². The lowest BCUT2D eigenvalue weighted by Gasteiger charge is -2.35. The van der Waals surface area contributed by atoms with Crippen molar-refractivity contribution in [2.45, 2.75) is 15.8 Å². The number of carbonyl (C=O) groups is 1. The monoisotopic (exact) mass is 376 g/mol. The van der Waals surface area contributed by atoms with E-state index in [-0.39, 0.29) is 9.79 Å². The van der Waals surface area contributed by atoms with Gasteiger partial charge in [0.05, 0.1) is 16.9 Å². The minimum atomic E-state index is -3.68. The SMILES string of the molecule is COc1cccc(S(=O)(=O)c2ccc(N3CCNCC3C(=O)O)cc2)c1. The predicted octanol–water partition coefficient (Wildman–Crippen LogP) is 1.39. The van der Waals surface area contributed by atoms with Gasteiger partial charge >= 0.3 is 5.97 Å². The molecule has 2 aromatic rings. The molecule has 1 heterocycles. The number of carboxylic acids is 1. The third kappa shape index (κ3) is 3.51. The Morgan fingerprint density at radius 2 is 1.92 bits per heavy atom.